The Morgan fingerprint density at radius 1 is 1.35 bits per heavy atom. The highest BCUT2D eigenvalue weighted by atomic mass is 32.1. The summed E-state index contributed by atoms with van der Waals surface area (Å²) < 4.78 is 18.1. The van der Waals surface area contributed by atoms with Crippen molar-refractivity contribution in [2.75, 3.05) is 12.4 Å². The number of methoxy groups -OCH3 is 1. The molecule has 1 heterocycles. The average Bonchev–Trinajstić information content (AvgIpc) is 2.74. The highest BCUT2D eigenvalue weighted by molar-refractivity contribution is 7.12. The van der Waals surface area contributed by atoms with Crippen LogP contribution in [0.1, 0.15) is 21.4 Å². The van der Waals surface area contributed by atoms with Gasteiger partial charge >= 0.3 is 5.97 Å². The average molecular weight is 293 g/mol. The summed E-state index contributed by atoms with van der Waals surface area (Å²) in [4.78, 5) is 14.2. The number of nitrogens with one attached hydrogen (secondary N) is 1. The highest BCUT2D eigenvalue weighted by Gasteiger charge is 2.24. The number of anilines is 1. The lowest BCUT2D eigenvalue weighted by atomic mass is 10.1. The standard InChI is InChI=1S/C15H16FNO2S/c1-9-7-13(10(2)20-9)14(15(18)19-3)17-12-6-4-5-11(16)8-12/h4-8,14,17H,1-3H3. The molecule has 0 fully saturated rings. The second-order valence-electron chi connectivity index (χ2n) is 4.48. The lowest BCUT2D eigenvalue weighted by Crippen LogP contribution is -2.22. The third-order valence-corrected chi connectivity index (χ3v) is 3.94. The van der Waals surface area contributed by atoms with E-state index in [1.807, 2.05) is 19.9 Å². The fourth-order valence-electron chi connectivity index (χ4n) is 2.06. The molecule has 0 saturated heterocycles. The number of ether oxygens (including phenoxy) is 1. The smallest absolute Gasteiger partial charge is 0.333 e. The van der Waals surface area contributed by atoms with Gasteiger partial charge in [-0.15, -0.1) is 11.3 Å². The molecule has 0 amide bonds. The first-order chi connectivity index (χ1) is 9.51. The molecule has 5 heteroatoms. The maximum absolute atomic E-state index is 13.2. The molecule has 1 aromatic carbocycles. The first-order valence-electron chi connectivity index (χ1n) is 6.18. The number of carbonyl (C=O) groups is 1. The van der Waals surface area contributed by atoms with Gasteiger partial charge in [-0.2, -0.15) is 0 Å². The maximum Gasteiger partial charge on any atom is 0.333 e. The van der Waals surface area contributed by atoms with Crippen molar-refractivity contribution in [3.63, 3.8) is 0 Å². The highest BCUT2D eigenvalue weighted by Crippen LogP contribution is 2.29. The molecule has 3 nitrogen and oxygen atoms in total. The van der Waals surface area contributed by atoms with Crippen LogP contribution in [0, 0.1) is 19.7 Å². The van der Waals surface area contributed by atoms with Crippen molar-refractivity contribution in [1.29, 1.82) is 0 Å². The lowest BCUT2D eigenvalue weighted by molar-refractivity contribution is -0.141. The van der Waals surface area contributed by atoms with Crippen molar-refractivity contribution < 1.29 is 13.9 Å². The molecule has 106 valence electrons. The summed E-state index contributed by atoms with van der Waals surface area (Å²) in [5, 5.41) is 3.03. The minimum Gasteiger partial charge on any atom is -0.467 e. The molecule has 0 bridgehead atoms. The van der Waals surface area contributed by atoms with Crippen LogP contribution in [0.25, 0.3) is 0 Å². The number of benzene rings is 1. The van der Waals surface area contributed by atoms with Crippen LogP contribution in [0.15, 0.2) is 30.3 Å². The number of thiophene rings is 1. The quantitative estimate of drug-likeness (QED) is 0.871. The van der Waals surface area contributed by atoms with Crippen LogP contribution in [-0.4, -0.2) is 13.1 Å². The van der Waals surface area contributed by atoms with E-state index in [-0.39, 0.29) is 5.82 Å². The van der Waals surface area contributed by atoms with Gasteiger partial charge in [0, 0.05) is 15.4 Å². The zero-order valence-corrected chi connectivity index (χ0v) is 12.4. The molecule has 0 aliphatic heterocycles. The Bertz CT molecular complexity index is 624. The fourth-order valence-corrected chi connectivity index (χ4v) is 3.03. The summed E-state index contributed by atoms with van der Waals surface area (Å²) in [6.07, 6.45) is 0. The predicted octanol–water partition coefficient (Wildman–Crippen LogP) is 3.83. The molecule has 1 N–H and O–H groups in total. The molecule has 2 aromatic rings. The molecule has 0 spiro atoms. The van der Waals surface area contributed by atoms with Gasteiger partial charge in [-0.05, 0) is 43.7 Å². The van der Waals surface area contributed by atoms with Crippen LogP contribution in [0.2, 0.25) is 0 Å². The van der Waals surface area contributed by atoms with E-state index >= 15 is 0 Å². The number of aryl methyl sites for hydroxylation is 2. The van der Waals surface area contributed by atoms with E-state index in [4.69, 9.17) is 4.74 Å². The molecule has 0 aliphatic rings. The minimum atomic E-state index is -0.633. The monoisotopic (exact) mass is 293 g/mol. The van der Waals surface area contributed by atoms with Gasteiger partial charge in [-0.3, -0.25) is 0 Å². The van der Waals surface area contributed by atoms with Crippen molar-refractivity contribution in [3.8, 4) is 0 Å². The van der Waals surface area contributed by atoms with E-state index in [0.717, 1.165) is 15.3 Å². The molecule has 1 aromatic heterocycles. The van der Waals surface area contributed by atoms with Crippen LogP contribution in [0.3, 0.4) is 0 Å². The van der Waals surface area contributed by atoms with Gasteiger partial charge in [0.1, 0.15) is 5.82 Å². The number of hydrogen-bond acceptors (Lipinski definition) is 4. The van der Waals surface area contributed by atoms with Crippen LogP contribution in [0.5, 0.6) is 0 Å². The van der Waals surface area contributed by atoms with E-state index in [0.29, 0.717) is 5.69 Å². The molecule has 2 rings (SSSR count). The minimum absolute atomic E-state index is 0.350. The lowest BCUT2D eigenvalue weighted by Gasteiger charge is -2.17. The Kier molecular flexibility index (Phi) is 4.39. The van der Waals surface area contributed by atoms with Gasteiger partial charge < -0.3 is 10.1 Å². The van der Waals surface area contributed by atoms with E-state index in [1.54, 1.807) is 23.5 Å². The summed E-state index contributed by atoms with van der Waals surface area (Å²) in [5.41, 5.74) is 1.41. The maximum atomic E-state index is 13.2. The number of hydrogen-bond donors (Lipinski definition) is 1. The first-order valence-corrected chi connectivity index (χ1v) is 6.99. The number of rotatable bonds is 4. The van der Waals surface area contributed by atoms with Crippen molar-refractivity contribution in [3.05, 3.63) is 51.5 Å². The zero-order chi connectivity index (χ0) is 14.7. The van der Waals surface area contributed by atoms with Crippen molar-refractivity contribution >= 4 is 23.0 Å². The van der Waals surface area contributed by atoms with E-state index in [9.17, 15) is 9.18 Å². The van der Waals surface area contributed by atoms with E-state index < -0.39 is 12.0 Å². The third-order valence-electron chi connectivity index (χ3n) is 2.96. The van der Waals surface area contributed by atoms with Gasteiger partial charge in [0.25, 0.3) is 0 Å². The van der Waals surface area contributed by atoms with Crippen LogP contribution in [0.4, 0.5) is 10.1 Å². The molecule has 20 heavy (non-hydrogen) atoms. The first kappa shape index (κ1) is 14.5. The third kappa shape index (κ3) is 3.17. The number of carbonyl (C=O) groups excluding carboxylic acids is 1. The summed E-state index contributed by atoms with van der Waals surface area (Å²) in [5.74, 6) is -0.744. The van der Waals surface area contributed by atoms with Gasteiger partial charge in [0.15, 0.2) is 6.04 Å². The Morgan fingerprint density at radius 3 is 2.65 bits per heavy atom. The van der Waals surface area contributed by atoms with Crippen molar-refractivity contribution in [1.82, 2.24) is 0 Å². The Labute approximate surface area is 121 Å². The summed E-state index contributed by atoms with van der Waals surface area (Å²) >= 11 is 1.62. The molecule has 1 unspecified atom stereocenters. The Balaban J connectivity index is 2.34. The second kappa shape index (κ2) is 6.05. The summed E-state index contributed by atoms with van der Waals surface area (Å²) in [6.45, 7) is 3.94. The van der Waals surface area contributed by atoms with Crippen LogP contribution >= 0.6 is 11.3 Å². The SMILES string of the molecule is COC(=O)C(Nc1cccc(F)c1)c1cc(C)sc1C. The normalized spacial score (nSPS) is 12.0. The van der Waals surface area contributed by atoms with E-state index in [1.165, 1.54) is 19.2 Å². The number of esters is 1. The molecule has 0 saturated carbocycles. The van der Waals surface area contributed by atoms with Gasteiger partial charge in [-0.25, -0.2) is 9.18 Å². The Hall–Kier alpha value is -1.88. The molecule has 0 aliphatic carbocycles. The summed E-state index contributed by atoms with van der Waals surface area (Å²) in [7, 11) is 1.34. The van der Waals surface area contributed by atoms with Gasteiger partial charge in [-0.1, -0.05) is 6.07 Å². The van der Waals surface area contributed by atoms with Crippen molar-refractivity contribution in [2.24, 2.45) is 0 Å². The number of halogens is 1. The molecular weight excluding hydrogens is 277 g/mol. The molecular formula is C15H16FNO2S. The van der Waals surface area contributed by atoms with Gasteiger partial charge in [0.05, 0.1) is 7.11 Å². The molecule has 0 radical (unpaired) electrons. The Morgan fingerprint density at radius 2 is 2.10 bits per heavy atom. The molecule has 1 atom stereocenters. The van der Waals surface area contributed by atoms with Crippen molar-refractivity contribution in [2.45, 2.75) is 19.9 Å². The topological polar surface area (TPSA) is 38.3 Å². The second-order valence-corrected chi connectivity index (χ2v) is 5.94. The summed E-state index contributed by atoms with van der Waals surface area (Å²) in [6, 6.07) is 7.34. The van der Waals surface area contributed by atoms with Crippen LogP contribution < -0.4 is 5.32 Å². The largest absolute Gasteiger partial charge is 0.467 e. The van der Waals surface area contributed by atoms with Gasteiger partial charge in [0.2, 0.25) is 0 Å². The van der Waals surface area contributed by atoms with E-state index in [2.05, 4.69) is 5.32 Å². The zero-order valence-electron chi connectivity index (χ0n) is 11.6. The predicted molar refractivity (Wildman–Crippen MR) is 78.6 cm³/mol. The van der Waals surface area contributed by atoms with Crippen LogP contribution in [-0.2, 0) is 9.53 Å². The fraction of sp³-hybridized carbons (Fsp3) is 0.267.